The molecule has 3 rings (SSSR count). The molecule has 106 valence electrons. The monoisotopic (exact) mass is 293 g/mol. The van der Waals surface area contributed by atoms with Gasteiger partial charge >= 0.3 is 0 Å². The number of fused-ring (bicyclic) bond motifs is 1. The van der Waals surface area contributed by atoms with Gasteiger partial charge < -0.3 is 9.84 Å². The number of nitrogens with one attached hydrogen (secondary N) is 2. The summed E-state index contributed by atoms with van der Waals surface area (Å²) in [5, 5.41) is 6.96. The number of benzene rings is 1. The first-order valence-electron chi connectivity index (χ1n) is 6.33. The number of aromatic nitrogens is 1. The molecule has 2 aromatic rings. The first-order chi connectivity index (χ1) is 9.54. The van der Waals surface area contributed by atoms with Crippen LogP contribution in [-0.4, -0.2) is 20.1 Å². The molecule has 0 bridgehead atoms. The Balaban J connectivity index is 1.78. The van der Waals surface area contributed by atoms with E-state index in [9.17, 15) is 8.42 Å². The number of sulfonamides is 1. The highest BCUT2D eigenvalue weighted by Crippen LogP contribution is 2.25. The smallest absolute Gasteiger partial charge is 0.240 e. The molecular weight excluding hydrogens is 278 g/mol. The number of anilines is 1. The summed E-state index contributed by atoms with van der Waals surface area (Å²) in [6, 6.07) is 6.82. The van der Waals surface area contributed by atoms with E-state index in [1.807, 2.05) is 0 Å². The molecule has 0 saturated heterocycles. The lowest BCUT2D eigenvalue weighted by Gasteiger charge is -2.07. The quantitative estimate of drug-likeness (QED) is 0.891. The van der Waals surface area contributed by atoms with Gasteiger partial charge in [0.15, 0.2) is 0 Å². The highest BCUT2D eigenvalue weighted by Gasteiger charge is 2.18. The lowest BCUT2D eigenvalue weighted by atomic mass is 10.2. The lowest BCUT2D eigenvalue weighted by Crippen LogP contribution is -2.23. The number of hydrogen-bond donors (Lipinski definition) is 2. The first-order valence-corrected chi connectivity index (χ1v) is 7.81. The largest absolute Gasteiger partial charge is 0.384 e. The van der Waals surface area contributed by atoms with Crippen molar-refractivity contribution in [2.45, 2.75) is 24.8 Å². The van der Waals surface area contributed by atoms with Gasteiger partial charge in [0.05, 0.1) is 17.1 Å². The molecule has 0 atom stereocenters. The summed E-state index contributed by atoms with van der Waals surface area (Å²) in [4.78, 5) is 0.278. The van der Waals surface area contributed by atoms with Crippen LogP contribution in [0.15, 0.2) is 33.7 Å². The minimum Gasteiger partial charge on any atom is -0.384 e. The molecule has 0 amide bonds. The molecule has 0 fully saturated rings. The van der Waals surface area contributed by atoms with E-state index in [0.29, 0.717) is 11.5 Å². The summed E-state index contributed by atoms with van der Waals surface area (Å²) in [6.07, 6.45) is 0.848. The molecule has 7 heteroatoms. The van der Waals surface area contributed by atoms with E-state index in [4.69, 9.17) is 4.52 Å². The maximum Gasteiger partial charge on any atom is 0.240 e. The summed E-state index contributed by atoms with van der Waals surface area (Å²) in [6.45, 7) is 2.73. The minimum atomic E-state index is -3.53. The van der Waals surface area contributed by atoms with Crippen LogP contribution in [0, 0.1) is 6.92 Å². The third-order valence-corrected chi connectivity index (χ3v) is 4.62. The summed E-state index contributed by atoms with van der Waals surface area (Å²) in [7, 11) is -3.53. The van der Waals surface area contributed by atoms with Crippen LogP contribution in [0.4, 0.5) is 5.69 Å². The van der Waals surface area contributed by atoms with Crippen LogP contribution < -0.4 is 10.0 Å². The van der Waals surface area contributed by atoms with Gasteiger partial charge in [-0.15, -0.1) is 0 Å². The van der Waals surface area contributed by atoms with E-state index in [0.717, 1.165) is 24.2 Å². The van der Waals surface area contributed by atoms with Gasteiger partial charge in [-0.25, -0.2) is 13.1 Å². The van der Waals surface area contributed by atoms with Crippen molar-refractivity contribution in [3.05, 3.63) is 41.3 Å². The highest BCUT2D eigenvalue weighted by molar-refractivity contribution is 7.89. The Hall–Kier alpha value is -1.86. The van der Waals surface area contributed by atoms with Crippen LogP contribution >= 0.6 is 0 Å². The Labute approximate surface area is 117 Å². The Morgan fingerprint density at radius 2 is 2.25 bits per heavy atom. The van der Waals surface area contributed by atoms with E-state index in [1.54, 1.807) is 31.2 Å². The maximum absolute atomic E-state index is 12.2. The fourth-order valence-corrected chi connectivity index (χ4v) is 3.25. The first kappa shape index (κ1) is 13.1. The number of rotatable bonds is 4. The Kier molecular flexibility index (Phi) is 3.23. The maximum atomic E-state index is 12.2. The fraction of sp³-hybridized carbons (Fsp3) is 0.308. The van der Waals surface area contributed by atoms with E-state index in [-0.39, 0.29) is 11.4 Å². The van der Waals surface area contributed by atoms with E-state index in [2.05, 4.69) is 15.2 Å². The molecule has 1 aliphatic rings. The third kappa shape index (κ3) is 2.54. The summed E-state index contributed by atoms with van der Waals surface area (Å²) < 4.78 is 31.9. The SMILES string of the molecule is Cc1cc(CNS(=O)(=O)c2ccc3c(c2)CCN3)no1. The van der Waals surface area contributed by atoms with E-state index in [1.165, 1.54) is 0 Å². The van der Waals surface area contributed by atoms with Crippen LogP contribution in [0.1, 0.15) is 17.0 Å². The Bertz CT molecular complexity index is 737. The van der Waals surface area contributed by atoms with Gasteiger partial charge in [0, 0.05) is 18.3 Å². The van der Waals surface area contributed by atoms with Crippen molar-refractivity contribution in [3.8, 4) is 0 Å². The second kappa shape index (κ2) is 4.92. The van der Waals surface area contributed by atoms with Gasteiger partial charge in [-0.2, -0.15) is 0 Å². The molecule has 0 spiro atoms. The fourth-order valence-electron chi connectivity index (χ4n) is 2.20. The summed E-state index contributed by atoms with van der Waals surface area (Å²) in [5.74, 6) is 0.655. The van der Waals surface area contributed by atoms with Gasteiger partial charge in [0.1, 0.15) is 5.76 Å². The van der Waals surface area contributed by atoms with Gasteiger partial charge in [-0.1, -0.05) is 5.16 Å². The highest BCUT2D eigenvalue weighted by atomic mass is 32.2. The molecule has 2 N–H and O–H groups in total. The van der Waals surface area contributed by atoms with Gasteiger partial charge in [-0.05, 0) is 37.1 Å². The van der Waals surface area contributed by atoms with Gasteiger partial charge in [0.25, 0.3) is 0 Å². The summed E-state index contributed by atoms with van der Waals surface area (Å²) in [5.41, 5.74) is 2.61. The third-order valence-electron chi connectivity index (χ3n) is 3.22. The zero-order chi connectivity index (χ0) is 14.2. The molecule has 1 aromatic heterocycles. The van der Waals surface area contributed by atoms with E-state index >= 15 is 0 Å². The molecule has 0 saturated carbocycles. The molecule has 0 unspecified atom stereocenters. The normalized spacial score (nSPS) is 14.1. The predicted octanol–water partition coefficient (Wildman–Crippen LogP) is 1.43. The molecule has 20 heavy (non-hydrogen) atoms. The van der Waals surface area contributed by atoms with Crippen LogP contribution in [-0.2, 0) is 23.0 Å². The van der Waals surface area contributed by atoms with Crippen LogP contribution in [0.5, 0.6) is 0 Å². The Morgan fingerprint density at radius 1 is 1.40 bits per heavy atom. The molecule has 0 aliphatic carbocycles. The molecule has 1 aliphatic heterocycles. The van der Waals surface area contributed by atoms with E-state index < -0.39 is 10.0 Å². The van der Waals surface area contributed by atoms with Crippen molar-refractivity contribution in [2.24, 2.45) is 0 Å². The number of aryl methyl sites for hydroxylation is 1. The zero-order valence-corrected chi connectivity index (χ0v) is 11.8. The van der Waals surface area contributed by atoms with Crippen molar-refractivity contribution in [1.82, 2.24) is 9.88 Å². The second-order valence-corrected chi connectivity index (χ2v) is 6.52. The standard InChI is InChI=1S/C13H15N3O3S/c1-9-6-11(16-19-9)8-15-20(17,18)12-2-3-13-10(7-12)4-5-14-13/h2-3,6-7,14-15H,4-5,8H2,1H3. The van der Waals surface area contributed by atoms with Crippen LogP contribution in [0.25, 0.3) is 0 Å². The average molecular weight is 293 g/mol. The lowest BCUT2D eigenvalue weighted by molar-refractivity contribution is 0.390. The number of nitrogens with zero attached hydrogens (tertiary/aromatic N) is 1. The van der Waals surface area contributed by atoms with Crippen molar-refractivity contribution >= 4 is 15.7 Å². The van der Waals surface area contributed by atoms with Crippen molar-refractivity contribution in [2.75, 3.05) is 11.9 Å². The molecule has 6 nitrogen and oxygen atoms in total. The van der Waals surface area contributed by atoms with Gasteiger partial charge in [0.2, 0.25) is 10.0 Å². The van der Waals surface area contributed by atoms with Crippen molar-refractivity contribution in [3.63, 3.8) is 0 Å². The summed E-state index contributed by atoms with van der Waals surface area (Å²) >= 11 is 0. The van der Waals surface area contributed by atoms with Gasteiger partial charge in [-0.3, -0.25) is 0 Å². The van der Waals surface area contributed by atoms with Crippen LogP contribution in [0.3, 0.4) is 0 Å². The molecular formula is C13H15N3O3S. The number of hydrogen-bond acceptors (Lipinski definition) is 5. The average Bonchev–Trinajstić information content (AvgIpc) is 3.04. The van der Waals surface area contributed by atoms with Crippen molar-refractivity contribution < 1.29 is 12.9 Å². The Morgan fingerprint density at radius 3 is 3.00 bits per heavy atom. The molecule has 0 radical (unpaired) electrons. The topological polar surface area (TPSA) is 84.2 Å². The molecule has 2 heterocycles. The van der Waals surface area contributed by atoms with Crippen molar-refractivity contribution in [1.29, 1.82) is 0 Å². The minimum absolute atomic E-state index is 0.120. The zero-order valence-electron chi connectivity index (χ0n) is 11.0. The predicted molar refractivity (Wildman–Crippen MR) is 73.9 cm³/mol. The molecule has 1 aromatic carbocycles. The van der Waals surface area contributed by atoms with Crippen LogP contribution in [0.2, 0.25) is 0 Å². The second-order valence-electron chi connectivity index (χ2n) is 4.75.